The molecule has 0 saturated heterocycles. The van der Waals surface area contributed by atoms with Gasteiger partial charge in [0.25, 0.3) is 0 Å². The van der Waals surface area contributed by atoms with Gasteiger partial charge in [-0.2, -0.15) is 0 Å². The zero-order chi connectivity index (χ0) is 24.8. The predicted molar refractivity (Wildman–Crippen MR) is 155 cm³/mol. The van der Waals surface area contributed by atoms with Crippen LogP contribution in [-0.4, -0.2) is 41.3 Å². The van der Waals surface area contributed by atoms with E-state index in [0.717, 1.165) is 21.2 Å². The molecule has 34 heavy (non-hydrogen) atoms. The summed E-state index contributed by atoms with van der Waals surface area (Å²) in [4.78, 5) is 39.3. The Kier molecular flexibility index (Phi) is 5.75. The first-order chi connectivity index (χ1) is 15.8. The van der Waals surface area contributed by atoms with Gasteiger partial charge in [-0.25, -0.2) is 0 Å². The summed E-state index contributed by atoms with van der Waals surface area (Å²) in [5.41, 5.74) is 0. The van der Waals surface area contributed by atoms with Crippen LogP contribution in [0.2, 0.25) is 0 Å². The topological polar surface area (TPSA) is 60.7 Å². The van der Waals surface area contributed by atoms with Crippen LogP contribution in [0, 0.1) is 0 Å². The van der Waals surface area contributed by atoms with E-state index in [0.29, 0.717) is 0 Å². The molecule has 4 rings (SSSR count). The summed E-state index contributed by atoms with van der Waals surface area (Å²) in [5.74, 6) is 0. The van der Waals surface area contributed by atoms with E-state index in [1.165, 1.54) is 0 Å². The molecule has 4 aromatic rings. The third kappa shape index (κ3) is 2.87. The summed E-state index contributed by atoms with van der Waals surface area (Å²) in [6.45, 7) is 2.01. The zero-order valence-electron chi connectivity index (χ0n) is 20.2. The summed E-state index contributed by atoms with van der Waals surface area (Å²) in [5, 5.41) is 3.09. The molecule has 0 saturated carbocycles. The normalized spacial score (nSPS) is 16.3. The van der Waals surface area contributed by atoms with Crippen LogP contribution in [0.25, 0.3) is 0 Å². The van der Waals surface area contributed by atoms with E-state index in [1.54, 1.807) is 0 Å². The molecule has 0 aliphatic heterocycles. The summed E-state index contributed by atoms with van der Waals surface area (Å²) in [6.07, 6.45) is -8.20. The van der Waals surface area contributed by atoms with Crippen molar-refractivity contribution in [1.82, 2.24) is 0 Å². The van der Waals surface area contributed by atoms with Crippen molar-refractivity contribution in [2.45, 2.75) is 0 Å². The Labute approximate surface area is 203 Å². The van der Waals surface area contributed by atoms with Gasteiger partial charge in [-0.1, -0.05) is 0 Å². The minimum absolute atomic E-state index is 0.773. The van der Waals surface area contributed by atoms with Crippen LogP contribution in [0.1, 0.15) is 0 Å². The SMILES string of the molecule is CP(C)(c1ccccc1)(c1ccccc1)P(O)(O)(O)P(C)(C)(c1ccccc1)c1ccccc1. The van der Waals surface area contributed by atoms with Crippen molar-refractivity contribution in [2.75, 3.05) is 26.7 Å². The number of hydrogen-bond acceptors (Lipinski definition) is 3. The second kappa shape index (κ2) is 7.78. The summed E-state index contributed by atoms with van der Waals surface area (Å²) in [7, 11) is 0. The van der Waals surface area contributed by atoms with Gasteiger partial charge in [0.05, 0.1) is 0 Å². The first kappa shape index (κ1) is 25.2. The fourth-order valence-electron chi connectivity index (χ4n) is 5.40. The van der Waals surface area contributed by atoms with E-state index in [1.807, 2.05) is 148 Å². The van der Waals surface area contributed by atoms with Gasteiger partial charge in [-0.3, -0.25) is 0 Å². The van der Waals surface area contributed by atoms with E-state index in [9.17, 15) is 14.7 Å². The zero-order valence-corrected chi connectivity index (χ0v) is 22.9. The molecule has 6 heteroatoms. The summed E-state index contributed by atoms with van der Waals surface area (Å²) >= 11 is 0. The summed E-state index contributed by atoms with van der Waals surface area (Å²) in [6, 6.07) is 38.4. The van der Waals surface area contributed by atoms with Crippen LogP contribution in [0.5, 0.6) is 0 Å². The quantitative estimate of drug-likeness (QED) is 0.318. The molecule has 0 heterocycles. The fraction of sp³-hybridized carbons (Fsp3) is 0.143. The van der Waals surface area contributed by atoms with E-state index in [2.05, 4.69) is 0 Å². The molecular weight excluding hydrogens is 477 g/mol. The monoisotopic (exact) mass is 512 g/mol. The van der Waals surface area contributed by atoms with Gasteiger partial charge in [-0.05, 0) is 0 Å². The van der Waals surface area contributed by atoms with Gasteiger partial charge >= 0.3 is 203 Å². The molecule has 0 aromatic heterocycles. The van der Waals surface area contributed by atoms with Crippen LogP contribution in [-0.2, 0) is 0 Å². The Morgan fingerprint density at radius 2 is 0.529 bits per heavy atom. The maximum absolute atomic E-state index is 13.1. The molecule has 3 N–H and O–H groups in total. The van der Waals surface area contributed by atoms with Crippen molar-refractivity contribution in [1.29, 1.82) is 0 Å². The number of benzene rings is 4. The molecule has 0 aliphatic carbocycles. The third-order valence-electron chi connectivity index (χ3n) is 8.22. The Hall–Kier alpha value is -1.95. The number of rotatable bonds is 6. The Morgan fingerprint density at radius 1 is 0.353 bits per heavy atom. The maximum atomic E-state index is 13.1. The van der Waals surface area contributed by atoms with Gasteiger partial charge in [0.15, 0.2) is 0 Å². The molecule has 0 amide bonds. The standard InChI is InChI=1S/C28H35O3P3/c1-32(2,25-17-9-5-10-18-25,26-19-11-6-12-20-26)34(29,30,31)33(3,4,27-21-13-7-14-22-27)28-23-15-8-16-24-28/h5-24,29-31H,1-4H3. The first-order valence-corrected chi connectivity index (χ1v) is 21.1. The molecule has 0 aliphatic rings. The predicted octanol–water partition coefficient (Wildman–Crippen LogP) is 5.02. The molecular formula is C28H35O3P3. The van der Waals surface area contributed by atoms with Crippen LogP contribution >= 0.6 is 19.2 Å². The van der Waals surface area contributed by atoms with Crippen LogP contribution in [0.15, 0.2) is 121 Å². The van der Waals surface area contributed by atoms with Gasteiger partial charge < -0.3 is 0 Å². The molecule has 0 atom stereocenters. The summed E-state index contributed by atoms with van der Waals surface area (Å²) < 4.78 is 0. The molecule has 4 aromatic carbocycles. The average Bonchev–Trinajstić information content (AvgIpc) is 2.86. The van der Waals surface area contributed by atoms with Crippen LogP contribution in [0.4, 0.5) is 0 Å². The Balaban J connectivity index is 2.27. The van der Waals surface area contributed by atoms with E-state index < -0.39 is 19.2 Å². The third-order valence-corrected chi connectivity index (χ3v) is 45.1. The molecule has 180 valence electrons. The Morgan fingerprint density at radius 3 is 0.706 bits per heavy atom. The van der Waals surface area contributed by atoms with Gasteiger partial charge in [0.1, 0.15) is 0 Å². The second-order valence-corrected chi connectivity index (χ2v) is 35.0. The van der Waals surface area contributed by atoms with Crippen LogP contribution in [0.3, 0.4) is 0 Å². The van der Waals surface area contributed by atoms with Crippen molar-refractivity contribution in [3.05, 3.63) is 121 Å². The van der Waals surface area contributed by atoms with E-state index >= 15 is 0 Å². The molecule has 0 unspecified atom stereocenters. The van der Waals surface area contributed by atoms with E-state index in [4.69, 9.17) is 0 Å². The van der Waals surface area contributed by atoms with Crippen molar-refractivity contribution < 1.29 is 14.7 Å². The van der Waals surface area contributed by atoms with Crippen molar-refractivity contribution in [3.8, 4) is 0 Å². The molecule has 0 spiro atoms. The number of hydrogen-bond donors (Lipinski definition) is 3. The van der Waals surface area contributed by atoms with Crippen molar-refractivity contribution >= 4 is 40.5 Å². The van der Waals surface area contributed by atoms with Gasteiger partial charge in [0, 0.05) is 0 Å². The van der Waals surface area contributed by atoms with Crippen molar-refractivity contribution in [2.24, 2.45) is 0 Å². The Bertz CT molecular complexity index is 1110. The molecule has 3 nitrogen and oxygen atoms in total. The van der Waals surface area contributed by atoms with Crippen LogP contribution < -0.4 is 21.2 Å². The van der Waals surface area contributed by atoms with Gasteiger partial charge in [-0.15, -0.1) is 0 Å². The van der Waals surface area contributed by atoms with E-state index in [-0.39, 0.29) is 0 Å². The van der Waals surface area contributed by atoms with Gasteiger partial charge in [0.2, 0.25) is 0 Å². The molecule has 0 fully saturated rings. The second-order valence-electron chi connectivity index (χ2n) is 10.3. The average molecular weight is 513 g/mol. The molecule has 0 radical (unpaired) electrons. The van der Waals surface area contributed by atoms with Crippen molar-refractivity contribution in [3.63, 3.8) is 0 Å². The fourth-order valence-corrected chi connectivity index (χ4v) is 43.1. The first-order valence-electron chi connectivity index (χ1n) is 11.3. The minimum atomic E-state index is -5.69. The molecule has 0 bridgehead atoms.